The highest BCUT2D eigenvalue weighted by Gasteiger charge is 2.22. The van der Waals surface area contributed by atoms with Crippen LogP contribution in [0.15, 0.2) is 247 Å². The van der Waals surface area contributed by atoms with Crippen molar-refractivity contribution in [1.29, 1.82) is 0 Å². The van der Waals surface area contributed by atoms with Gasteiger partial charge in [-0.3, -0.25) is 0 Å². The van der Waals surface area contributed by atoms with Crippen molar-refractivity contribution >= 4 is 66.6 Å². The van der Waals surface area contributed by atoms with Gasteiger partial charge < -0.3 is 4.90 Å². The highest BCUT2D eigenvalue weighted by atomic mass is 15.1. The number of fused-ring (bicyclic) bond motifs is 6. The summed E-state index contributed by atoms with van der Waals surface area (Å²) in [7, 11) is 0. The van der Waals surface area contributed by atoms with Crippen LogP contribution in [-0.4, -0.2) is 11.5 Å². The Balaban J connectivity index is 1.23. The minimum Gasteiger partial charge on any atom is -0.310 e. The Morgan fingerprint density at radius 2 is 0.774 bits per heavy atom. The summed E-state index contributed by atoms with van der Waals surface area (Å²) < 4.78 is 0. The third-order valence-corrected chi connectivity index (χ3v) is 11.6. The number of hydrogen-bond acceptors (Lipinski definition) is 2. The van der Waals surface area contributed by atoms with E-state index in [0.29, 0.717) is 11.5 Å². The quantitative estimate of drug-likeness (QED) is 0.0813. The van der Waals surface area contributed by atoms with Gasteiger partial charge in [0.1, 0.15) is 0 Å². The fourth-order valence-electron chi connectivity index (χ4n) is 8.48. The third kappa shape index (κ3) is 7.49. The molecule has 0 aliphatic carbocycles. The van der Waals surface area contributed by atoms with Gasteiger partial charge in [-0.1, -0.05) is 201 Å². The summed E-state index contributed by atoms with van der Waals surface area (Å²) in [4.78, 5) is 12.8. The van der Waals surface area contributed by atoms with Crippen molar-refractivity contribution in [1.82, 2.24) is 0 Å². The molecule has 0 N–H and O–H groups in total. The molecule has 0 spiro atoms. The predicted octanol–water partition coefficient (Wildman–Crippen LogP) is 15.9. The molecule has 62 heavy (non-hydrogen) atoms. The molecule has 3 heteroatoms. The molecule has 0 aromatic heterocycles. The van der Waals surface area contributed by atoms with E-state index in [2.05, 4.69) is 206 Å². The van der Waals surface area contributed by atoms with E-state index in [0.717, 1.165) is 61.4 Å². The normalized spacial score (nSPS) is 11.9. The van der Waals surface area contributed by atoms with E-state index >= 15 is 0 Å². The van der Waals surface area contributed by atoms with Crippen LogP contribution in [-0.2, 0) is 0 Å². The molecule has 0 aliphatic heterocycles. The zero-order valence-electron chi connectivity index (χ0n) is 34.5. The molecule has 10 aromatic carbocycles. The molecule has 0 fully saturated rings. The fraction of sp³-hybridized carbons (Fsp3) is 0.0169. The average Bonchev–Trinajstić information content (AvgIpc) is 3.35. The minimum absolute atomic E-state index is 0.604. The third-order valence-electron chi connectivity index (χ3n) is 11.6. The first kappa shape index (κ1) is 38.1. The number of nitrogens with zero attached hydrogens (tertiary/aromatic N) is 3. The van der Waals surface area contributed by atoms with E-state index in [1.807, 2.05) is 43.3 Å². The molecule has 0 aliphatic rings. The Morgan fingerprint density at radius 1 is 0.371 bits per heavy atom. The van der Waals surface area contributed by atoms with Gasteiger partial charge in [-0.05, 0) is 98.1 Å². The van der Waals surface area contributed by atoms with Crippen LogP contribution in [0.5, 0.6) is 0 Å². The molecule has 0 radical (unpaired) electrons. The van der Waals surface area contributed by atoms with Gasteiger partial charge in [-0.25, -0.2) is 9.98 Å². The van der Waals surface area contributed by atoms with Gasteiger partial charge in [0.05, 0.1) is 11.4 Å². The molecule has 0 saturated heterocycles. The van der Waals surface area contributed by atoms with Crippen molar-refractivity contribution in [2.45, 2.75) is 6.92 Å². The van der Waals surface area contributed by atoms with E-state index in [1.54, 1.807) is 0 Å². The number of amidine groups is 1. The summed E-state index contributed by atoms with van der Waals surface area (Å²) in [5.41, 5.74) is 12.1. The highest BCUT2D eigenvalue weighted by Crippen LogP contribution is 2.46. The molecular formula is C59H43N3. The Morgan fingerprint density at radius 3 is 1.29 bits per heavy atom. The van der Waals surface area contributed by atoms with Crippen LogP contribution >= 0.6 is 0 Å². The molecule has 10 aromatic rings. The zero-order valence-corrected chi connectivity index (χ0v) is 34.5. The van der Waals surface area contributed by atoms with E-state index in [1.165, 1.54) is 32.7 Å². The first-order valence-corrected chi connectivity index (χ1v) is 21.0. The van der Waals surface area contributed by atoms with Crippen LogP contribution in [0.4, 0.5) is 17.1 Å². The van der Waals surface area contributed by atoms with Gasteiger partial charge in [0.2, 0.25) is 0 Å². The van der Waals surface area contributed by atoms with Crippen molar-refractivity contribution in [2.24, 2.45) is 9.98 Å². The molecule has 0 heterocycles. The largest absolute Gasteiger partial charge is 0.310 e. The second kappa shape index (κ2) is 16.8. The summed E-state index contributed by atoms with van der Waals surface area (Å²) in [5, 5.41) is 7.03. The maximum atomic E-state index is 5.28. The summed E-state index contributed by atoms with van der Waals surface area (Å²) in [5.74, 6) is 0.604. The Labute approximate surface area is 363 Å². The molecule has 0 unspecified atom stereocenters. The Kier molecular flexibility index (Phi) is 10.3. The van der Waals surface area contributed by atoms with Gasteiger partial charge in [0.15, 0.2) is 5.84 Å². The van der Waals surface area contributed by atoms with Gasteiger partial charge in [0, 0.05) is 33.6 Å². The second-order valence-electron chi connectivity index (χ2n) is 15.5. The molecule has 0 amide bonds. The number of benzene rings is 10. The number of rotatable bonds is 9. The average molecular weight is 794 g/mol. The Hall–Kier alpha value is -8.14. The van der Waals surface area contributed by atoms with Crippen molar-refractivity contribution in [2.75, 3.05) is 4.90 Å². The van der Waals surface area contributed by atoms with E-state index < -0.39 is 0 Å². The topological polar surface area (TPSA) is 28.0 Å². The monoisotopic (exact) mass is 793 g/mol. The summed E-state index contributed by atoms with van der Waals surface area (Å²) in [6.45, 7) is 6.71. The fourth-order valence-corrected chi connectivity index (χ4v) is 8.48. The maximum absolute atomic E-state index is 5.28. The molecule has 10 rings (SSSR count). The number of anilines is 3. The lowest BCUT2D eigenvalue weighted by Crippen LogP contribution is -2.11. The summed E-state index contributed by atoms with van der Waals surface area (Å²) in [6.07, 6.45) is 0. The van der Waals surface area contributed by atoms with Crippen LogP contribution in [0.1, 0.15) is 23.6 Å². The van der Waals surface area contributed by atoms with E-state index in [9.17, 15) is 0 Å². The molecule has 294 valence electrons. The molecule has 0 saturated carbocycles. The molecule has 0 bridgehead atoms. The SMILES string of the molecule is C=C(/N=C(\N=C(/C)c1ccccc1)c1ccccc1)c1cc(N(c2ccc(-c3ccccc3)cc2)c2ccc(-c3ccccc3)cc2)c2c3ccccc3c3ccccc3c2c1. The first-order valence-electron chi connectivity index (χ1n) is 21.0. The highest BCUT2D eigenvalue weighted by molar-refractivity contribution is 6.29. The van der Waals surface area contributed by atoms with E-state index in [-0.39, 0.29) is 0 Å². The summed E-state index contributed by atoms with van der Waals surface area (Å²) in [6, 6.07) is 81.4. The van der Waals surface area contributed by atoms with Gasteiger partial charge in [-0.2, -0.15) is 0 Å². The number of aliphatic imine (C=N–C) groups is 2. The van der Waals surface area contributed by atoms with E-state index in [4.69, 9.17) is 9.98 Å². The van der Waals surface area contributed by atoms with Crippen molar-refractivity contribution in [3.05, 3.63) is 254 Å². The maximum Gasteiger partial charge on any atom is 0.160 e. The predicted molar refractivity (Wildman–Crippen MR) is 265 cm³/mol. The van der Waals surface area contributed by atoms with Gasteiger partial charge >= 0.3 is 0 Å². The van der Waals surface area contributed by atoms with Gasteiger partial charge in [-0.15, -0.1) is 0 Å². The Bertz CT molecular complexity index is 3180. The summed E-state index contributed by atoms with van der Waals surface area (Å²) >= 11 is 0. The number of hydrogen-bond donors (Lipinski definition) is 0. The van der Waals surface area contributed by atoms with Crippen molar-refractivity contribution in [3.63, 3.8) is 0 Å². The van der Waals surface area contributed by atoms with Crippen LogP contribution in [0, 0.1) is 0 Å². The van der Waals surface area contributed by atoms with Crippen LogP contribution in [0.3, 0.4) is 0 Å². The van der Waals surface area contributed by atoms with Crippen LogP contribution in [0.2, 0.25) is 0 Å². The first-order chi connectivity index (χ1) is 30.6. The lowest BCUT2D eigenvalue weighted by atomic mass is 9.91. The molecule has 3 nitrogen and oxygen atoms in total. The van der Waals surface area contributed by atoms with Crippen molar-refractivity contribution < 1.29 is 0 Å². The van der Waals surface area contributed by atoms with Crippen LogP contribution in [0.25, 0.3) is 60.3 Å². The lowest BCUT2D eigenvalue weighted by molar-refractivity contribution is 1.29. The standard InChI is InChI=1S/C59H43N3/c1-41(43-19-7-3-8-20-43)60-59(48-25-13-6-14-26-48)61-42(2)49-39-56-54-29-16-15-27-52(54)53-28-17-18-30-55(53)58(56)57(40-49)62(50-35-31-46(32-36-50)44-21-9-4-10-22-44)51-37-33-47(34-38-51)45-23-11-5-12-24-45/h3-40H,2H2,1H3/b60-41+,61-59-. The van der Waals surface area contributed by atoms with Crippen molar-refractivity contribution in [3.8, 4) is 22.3 Å². The second-order valence-corrected chi connectivity index (χ2v) is 15.5. The smallest absolute Gasteiger partial charge is 0.160 e. The van der Waals surface area contributed by atoms with Crippen LogP contribution < -0.4 is 4.90 Å². The minimum atomic E-state index is 0.604. The zero-order chi connectivity index (χ0) is 41.8. The lowest BCUT2D eigenvalue weighted by Gasteiger charge is -2.29. The molecular weight excluding hydrogens is 751 g/mol. The van der Waals surface area contributed by atoms with Gasteiger partial charge in [0.25, 0.3) is 0 Å². The molecule has 0 atom stereocenters.